The molecule has 3 rings (SSSR count). The van der Waals surface area contributed by atoms with Gasteiger partial charge in [0.15, 0.2) is 0 Å². The maximum atomic E-state index is 13.2. The Morgan fingerprint density at radius 3 is 2.24 bits per heavy atom. The number of carbonyl (C=O) groups excluding carboxylic acids is 1. The van der Waals surface area contributed by atoms with E-state index in [0.717, 1.165) is 9.20 Å². The average molecular weight is 486 g/mol. The van der Waals surface area contributed by atoms with Crippen molar-refractivity contribution in [2.24, 2.45) is 0 Å². The summed E-state index contributed by atoms with van der Waals surface area (Å²) in [6, 6.07) is 20.8. The largest absolute Gasteiger partial charge is 0.354 e. The molecule has 1 N–H and O–H groups in total. The highest BCUT2D eigenvalue weighted by Crippen LogP contribution is 2.25. The second-order valence-electron chi connectivity index (χ2n) is 7.11. The van der Waals surface area contributed by atoms with Gasteiger partial charge in [-0.1, -0.05) is 35.9 Å². The van der Waals surface area contributed by atoms with Gasteiger partial charge in [-0.05, 0) is 43.3 Å². The number of thioether (sulfide) groups is 1. The van der Waals surface area contributed by atoms with E-state index in [1.807, 2.05) is 31.2 Å². The van der Waals surface area contributed by atoms with Crippen LogP contribution in [-0.4, -0.2) is 38.1 Å². The average Bonchev–Trinajstić information content (AvgIpc) is 2.82. The summed E-state index contributed by atoms with van der Waals surface area (Å²) in [5.41, 5.74) is 1.15. The summed E-state index contributed by atoms with van der Waals surface area (Å²) in [6.07, 6.45) is 0. The Labute approximate surface area is 196 Å². The maximum Gasteiger partial charge on any atom is 0.269 e. The highest BCUT2D eigenvalue weighted by Gasteiger charge is 2.27. The lowest BCUT2D eigenvalue weighted by Crippen LogP contribution is -2.41. The fraction of sp³-hybridized carbons (Fsp3) is 0.174. The zero-order valence-corrected chi connectivity index (χ0v) is 19.5. The molecule has 0 heterocycles. The normalized spacial score (nSPS) is 11.1. The molecule has 0 atom stereocenters. The van der Waals surface area contributed by atoms with Gasteiger partial charge in [0, 0.05) is 29.3 Å². The van der Waals surface area contributed by atoms with Crippen LogP contribution in [0.2, 0.25) is 0 Å². The van der Waals surface area contributed by atoms with E-state index in [-0.39, 0.29) is 16.3 Å². The first-order chi connectivity index (χ1) is 15.8. The van der Waals surface area contributed by atoms with Gasteiger partial charge in [0.1, 0.15) is 6.54 Å². The van der Waals surface area contributed by atoms with Gasteiger partial charge in [-0.25, -0.2) is 8.42 Å². The Kier molecular flexibility index (Phi) is 8.07. The van der Waals surface area contributed by atoms with Crippen molar-refractivity contribution in [2.45, 2.75) is 16.7 Å². The van der Waals surface area contributed by atoms with Crippen molar-refractivity contribution < 1.29 is 18.1 Å². The van der Waals surface area contributed by atoms with E-state index in [0.29, 0.717) is 12.3 Å². The number of benzene rings is 3. The molecule has 0 saturated carbocycles. The number of hydrogen-bond acceptors (Lipinski definition) is 6. The topological polar surface area (TPSA) is 110 Å². The molecule has 8 nitrogen and oxygen atoms in total. The molecule has 0 aliphatic heterocycles. The molecule has 10 heteroatoms. The quantitative estimate of drug-likeness (QED) is 0.201. The number of anilines is 1. The van der Waals surface area contributed by atoms with Crippen molar-refractivity contribution in [2.75, 3.05) is 23.1 Å². The van der Waals surface area contributed by atoms with Gasteiger partial charge in [0.05, 0.1) is 15.5 Å². The standard InChI is InChI=1S/C23H23N3O5S2/c1-18-7-13-21(14-8-18)32-16-15-24-23(27)17-25(19-9-11-20(12-10-19)26(28)29)33(30,31)22-5-3-2-4-6-22/h2-14H,15-17H2,1H3,(H,24,27). The SMILES string of the molecule is Cc1ccc(SCCNC(=O)CN(c2ccc([N+](=O)[O-])cc2)S(=O)(=O)c2ccccc2)cc1. The molecular formula is C23H23N3O5S2. The van der Waals surface area contributed by atoms with Crippen molar-refractivity contribution in [3.05, 3.63) is 94.5 Å². The lowest BCUT2D eigenvalue weighted by atomic mass is 10.2. The number of sulfonamides is 1. The predicted molar refractivity (Wildman–Crippen MR) is 129 cm³/mol. The minimum atomic E-state index is -4.06. The summed E-state index contributed by atoms with van der Waals surface area (Å²) in [4.78, 5) is 24.1. The van der Waals surface area contributed by atoms with Gasteiger partial charge in [0.2, 0.25) is 5.91 Å². The second-order valence-corrected chi connectivity index (χ2v) is 10.1. The third-order valence-corrected chi connectivity index (χ3v) is 7.48. The number of carbonyl (C=O) groups is 1. The monoisotopic (exact) mass is 485 g/mol. The van der Waals surface area contributed by atoms with Crippen LogP contribution in [0.25, 0.3) is 0 Å². The van der Waals surface area contributed by atoms with Crippen LogP contribution in [-0.2, 0) is 14.8 Å². The number of amides is 1. The number of hydrogen-bond donors (Lipinski definition) is 1. The molecule has 1 amide bonds. The Hall–Kier alpha value is -3.37. The first kappa shape index (κ1) is 24.3. The Balaban J connectivity index is 1.71. The first-order valence-electron chi connectivity index (χ1n) is 10.1. The fourth-order valence-corrected chi connectivity index (χ4v) is 5.17. The first-order valence-corrected chi connectivity index (χ1v) is 12.5. The third kappa shape index (κ3) is 6.56. The molecule has 0 aliphatic rings. The van der Waals surface area contributed by atoms with Gasteiger partial charge in [-0.15, -0.1) is 11.8 Å². The molecule has 0 radical (unpaired) electrons. The van der Waals surface area contributed by atoms with Crippen molar-refractivity contribution >= 4 is 39.1 Å². The van der Waals surface area contributed by atoms with Crippen LogP contribution < -0.4 is 9.62 Å². The maximum absolute atomic E-state index is 13.2. The van der Waals surface area contributed by atoms with Crippen molar-refractivity contribution in [1.82, 2.24) is 5.32 Å². The summed E-state index contributed by atoms with van der Waals surface area (Å²) in [5.74, 6) is 0.148. The molecule has 33 heavy (non-hydrogen) atoms. The number of rotatable bonds is 10. The molecular weight excluding hydrogens is 462 g/mol. The molecule has 3 aromatic carbocycles. The van der Waals surface area contributed by atoms with E-state index in [2.05, 4.69) is 5.32 Å². The van der Waals surface area contributed by atoms with E-state index in [4.69, 9.17) is 0 Å². The molecule has 0 saturated heterocycles. The molecule has 0 bridgehead atoms. The Bertz CT molecular complexity index is 1200. The van der Waals surface area contributed by atoms with Crippen LogP contribution in [0, 0.1) is 17.0 Å². The zero-order chi connectivity index (χ0) is 23.8. The van der Waals surface area contributed by atoms with Gasteiger partial charge < -0.3 is 5.32 Å². The van der Waals surface area contributed by atoms with Crippen molar-refractivity contribution in [1.29, 1.82) is 0 Å². The summed E-state index contributed by atoms with van der Waals surface area (Å²) >= 11 is 1.58. The number of nitro benzene ring substituents is 1. The minimum Gasteiger partial charge on any atom is -0.354 e. The summed E-state index contributed by atoms with van der Waals surface area (Å²) in [5, 5.41) is 13.7. The fourth-order valence-electron chi connectivity index (χ4n) is 2.96. The number of aryl methyl sites for hydroxylation is 1. The lowest BCUT2D eigenvalue weighted by Gasteiger charge is -2.24. The van der Waals surface area contributed by atoms with Crippen LogP contribution in [0.4, 0.5) is 11.4 Å². The van der Waals surface area contributed by atoms with Crippen LogP contribution in [0.1, 0.15) is 5.56 Å². The molecule has 0 aromatic heterocycles. The molecule has 172 valence electrons. The van der Waals surface area contributed by atoms with Gasteiger partial charge in [0.25, 0.3) is 15.7 Å². The second kappa shape index (κ2) is 11.0. The number of nitrogens with zero attached hydrogens (tertiary/aromatic N) is 2. The van der Waals surface area contributed by atoms with Gasteiger partial charge in [-0.3, -0.25) is 19.2 Å². The number of non-ortho nitro benzene ring substituents is 1. The third-order valence-electron chi connectivity index (χ3n) is 4.68. The smallest absolute Gasteiger partial charge is 0.269 e. The van der Waals surface area contributed by atoms with Gasteiger partial charge >= 0.3 is 0 Å². The summed E-state index contributed by atoms with van der Waals surface area (Å²) in [6.45, 7) is 1.91. The summed E-state index contributed by atoms with van der Waals surface area (Å²) < 4.78 is 27.4. The van der Waals surface area contributed by atoms with Crippen LogP contribution in [0.3, 0.4) is 0 Å². The lowest BCUT2D eigenvalue weighted by molar-refractivity contribution is -0.384. The predicted octanol–water partition coefficient (Wildman–Crippen LogP) is 4.01. The summed E-state index contributed by atoms with van der Waals surface area (Å²) in [7, 11) is -4.06. The molecule has 3 aromatic rings. The van der Waals surface area contributed by atoms with E-state index in [9.17, 15) is 23.3 Å². The number of nitrogens with one attached hydrogen (secondary N) is 1. The Morgan fingerprint density at radius 1 is 1.00 bits per heavy atom. The highest BCUT2D eigenvalue weighted by atomic mass is 32.2. The van der Waals surface area contributed by atoms with E-state index < -0.39 is 27.4 Å². The van der Waals surface area contributed by atoms with Crippen LogP contribution >= 0.6 is 11.8 Å². The van der Waals surface area contributed by atoms with Crippen molar-refractivity contribution in [3.63, 3.8) is 0 Å². The zero-order valence-electron chi connectivity index (χ0n) is 17.9. The molecule has 0 aliphatic carbocycles. The molecule has 0 fully saturated rings. The highest BCUT2D eigenvalue weighted by molar-refractivity contribution is 7.99. The molecule has 0 unspecified atom stereocenters. The van der Waals surface area contributed by atoms with E-state index in [1.165, 1.54) is 42.0 Å². The van der Waals surface area contributed by atoms with Gasteiger partial charge in [-0.2, -0.15) is 0 Å². The van der Waals surface area contributed by atoms with Crippen LogP contribution in [0.15, 0.2) is 88.7 Å². The van der Waals surface area contributed by atoms with E-state index >= 15 is 0 Å². The number of nitro groups is 1. The van der Waals surface area contributed by atoms with E-state index in [1.54, 1.807) is 30.0 Å². The Morgan fingerprint density at radius 2 is 1.64 bits per heavy atom. The minimum absolute atomic E-state index is 0.0195. The molecule has 0 spiro atoms. The van der Waals surface area contributed by atoms with Crippen LogP contribution in [0.5, 0.6) is 0 Å². The van der Waals surface area contributed by atoms with Crippen molar-refractivity contribution in [3.8, 4) is 0 Å².